The van der Waals surface area contributed by atoms with Crippen molar-refractivity contribution >= 4 is 87.8 Å². The molecule has 342 valence electrons. The number of amides is 7. The molecular weight excluding hydrogens is 939 g/mol. The molecule has 7 amide bonds. The first-order chi connectivity index (χ1) is 29.3. The number of nitrogens with zero attached hydrogens (tertiary/aromatic N) is 1. The third-order valence-corrected chi connectivity index (χ3v) is 9.74. The highest BCUT2D eigenvalue weighted by Crippen LogP contribution is 2.14. The molecule has 0 aliphatic carbocycles. The lowest BCUT2D eigenvalue weighted by Gasteiger charge is -2.26. The predicted octanol–water partition coefficient (Wildman–Crippen LogP) is -0.797. The molecule has 0 bridgehead atoms. The van der Waals surface area contributed by atoms with Crippen molar-refractivity contribution in [2.24, 2.45) is 0 Å². The van der Waals surface area contributed by atoms with Crippen LogP contribution in [0.25, 0.3) is 0 Å². The highest BCUT2D eigenvalue weighted by molar-refractivity contribution is 14.1. The zero-order valence-corrected chi connectivity index (χ0v) is 35.6. The highest BCUT2D eigenvalue weighted by Gasteiger charge is 2.34. The van der Waals surface area contributed by atoms with Crippen LogP contribution >= 0.6 is 22.6 Å². The number of rotatable bonds is 29. The summed E-state index contributed by atoms with van der Waals surface area (Å²) in [7, 11) is 0. The average molecular weight is 991 g/mol. The first-order valence-electron chi connectivity index (χ1n) is 19.6. The lowest BCUT2D eigenvalue weighted by molar-refractivity contribution is -0.197. The smallest absolute Gasteiger partial charge is 0.333 e. The quantitative estimate of drug-likeness (QED) is 0.0203. The van der Waals surface area contributed by atoms with Gasteiger partial charge < -0.3 is 57.0 Å². The van der Waals surface area contributed by atoms with Crippen molar-refractivity contribution in [2.45, 2.75) is 127 Å². The summed E-state index contributed by atoms with van der Waals surface area (Å²) in [6.07, 6.45) is -5.58. The van der Waals surface area contributed by atoms with Gasteiger partial charge in [0.25, 0.3) is 17.7 Å². The van der Waals surface area contributed by atoms with E-state index in [1.807, 2.05) is 6.07 Å². The largest absolute Gasteiger partial charge is 0.481 e. The summed E-state index contributed by atoms with van der Waals surface area (Å²) in [6, 6.07) is 0.409. The number of aliphatic carboxylic acids is 3. The Kier molecular flexibility index (Phi) is 23.0. The Balaban J connectivity index is 2.07. The van der Waals surface area contributed by atoms with E-state index in [0.29, 0.717) is 17.0 Å². The van der Waals surface area contributed by atoms with Gasteiger partial charge in [0.2, 0.25) is 23.6 Å². The van der Waals surface area contributed by atoms with Crippen LogP contribution in [0, 0.1) is 3.57 Å². The van der Waals surface area contributed by atoms with Gasteiger partial charge in [0.05, 0.1) is 0 Å². The number of hydroxylamine groups is 2. The molecule has 23 nitrogen and oxygen atoms in total. The van der Waals surface area contributed by atoms with Gasteiger partial charge in [0.1, 0.15) is 24.2 Å². The SMILES string of the molecule is O=C(O)CC[C@@H](NC(=O)CCCCC(=O)ON1C(=O)CCC1=O)C(=O)N[C@H](CCC(O)O)C(=O)N[C@H](CCC(=O)O)C(=O)N[C@H](CCCCNC(=O)c1cccc(I)c1)C(=O)O. The van der Waals surface area contributed by atoms with Crippen molar-refractivity contribution in [1.82, 2.24) is 31.6 Å². The van der Waals surface area contributed by atoms with Crippen LogP contribution in [0.3, 0.4) is 0 Å². The summed E-state index contributed by atoms with van der Waals surface area (Å²) in [5.41, 5.74) is 0.433. The third kappa shape index (κ3) is 20.2. The molecule has 1 aliphatic heterocycles. The van der Waals surface area contributed by atoms with E-state index >= 15 is 0 Å². The van der Waals surface area contributed by atoms with E-state index in [4.69, 9.17) is 4.84 Å². The summed E-state index contributed by atoms with van der Waals surface area (Å²) >= 11 is 2.06. The van der Waals surface area contributed by atoms with Crippen LogP contribution in [0.1, 0.15) is 107 Å². The zero-order chi connectivity index (χ0) is 46.4. The minimum Gasteiger partial charge on any atom is -0.481 e. The molecule has 1 aromatic carbocycles. The Morgan fingerprint density at radius 2 is 1.18 bits per heavy atom. The molecule has 1 aromatic rings. The summed E-state index contributed by atoms with van der Waals surface area (Å²) in [4.78, 5) is 140. The molecule has 0 spiro atoms. The second kappa shape index (κ2) is 27.2. The predicted molar refractivity (Wildman–Crippen MR) is 218 cm³/mol. The number of carbonyl (C=O) groups is 11. The van der Waals surface area contributed by atoms with E-state index in [1.165, 1.54) is 0 Å². The Labute approximate surface area is 368 Å². The lowest BCUT2D eigenvalue weighted by atomic mass is 10.0. The highest BCUT2D eigenvalue weighted by atomic mass is 127. The normalized spacial score (nSPS) is 14.2. The maximum atomic E-state index is 13.5. The van der Waals surface area contributed by atoms with Gasteiger partial charge in [-0.15, -0.1) is 5.06 Å². The van der Waals surface area contributed by atoms with Gasteiger partial charge in [0.15, 0.2) is 6.29 Å². The fourth-order valence-electron chi connectivity index (χ4n) is 5.77. The molecule has 0 aromatic heterocycles. The van der Waals surface area contributed by atoms with Gasteiger partial charge in [-0.1, -0.05) is 6.07 Å². The number of carboxylic acids is 3. The molecule has 62 heavy (non-hydrogen) atoms. The summed E-state index contributed by atoms with van der Waals surface area (Å²) < 4.78 is 0.851. The average Bonchev–Trinajstić information content (AvgIpc) is 3.51. The van der Waals surface area contributed by atoms with Crippen LogP contribution in [-0.2, 0) is 52.8 Å². The number of aliphatic hydroxyl groups is 2. The number of carboxylic acid groups (broad SMARTS) is 3. The van der Waals surface area contributed by atoms with Crippen LogP contribution in [0.4, 0.5) is 0 Å². The molecule has 4 atom stereocenters. The number of hydrogen-bond acceptors (Lipinski definition) is 14. The fraction of sp³-hybridized carbons (Fsp3) is 0.553. The zero-order valence-electron chi connectivity index (χ0n) is 33.5. The standard InChI is InChI=1S/C38H51IN6O17/c39-22-7-5-6-21(20-22)34(56)40-19-4-3-8-26(38(60)61)44-37(59)25(13-18-32(53)54)43-36(58)24(12-17-31(51)52)42-35(57)23(11-16-30(49)50)41-27(46)9-1-2-10-33(55)62-45-28(47)14-15-29(45)48/h5-7,20,23-26,31,51-52H,1-4,8-19H2,(H,40,56)(H,41,46)(H,42,57)(H,43,58)(H,44,59)(H,49,50)(H,53,54)(H,60,61)/t23-,24-,25-,26-/m1/s1. The molecule has 1 heterocycles. The Morgan fingerprint density at radius 1 is 0.645 bits per heavy atom. The molecule has 0 unspecified atom stereocenters. The van der Waals surface area contributed by atoms with Gasteiger partial charge in [0, 0.05) is 60.6 Å². The van der Waals surface area contributed by atoms with Gasteiger partial charge >= 0.3 is 23.9 Å². The van der Waals surface area contributed by atoms with Crippen LogP contribution in [0.2, 0.25) is 0 Å². The third-order valence-electron chi connectivity index (χ3n) is 9.07. The van der Waals surface area contributed by atoms with E-state index in [2.05, 4.69) is 49.2 Å². The van der Waals surface area contributed by atoms with Crippen molar-refractivity contribution in [1.29, 1.82) is 0 Å². The lowest BCUT2D eigenvalue weighted by Crippen LogP contribution is -2.58. The number of carbonyl (C=O) groups excluding carboxylic acids is 8. The molecule has 1 fully saturated rings. The van der Waals surface area contributed by atoms with Gasteiger partial charge in [-0.25, -0.2) is 9.59 Å². The molecule has 1 aliphatic rings. The van der Waals surface area contributed by atoms with E-state index in [-0.39, 0.29) is 63.8 Å². The van der Waals surface area contributed by atoms with Crippen molar-refractivity contribution in [3.8, 4) is 0 Å². The Bertz CT molecular complexity index is 1790. The molecule has 2 rings (SSSR count). The van der Waals surface area contributed by atoms with Crippen LogP contribution < -0.4 is 26.6 Å². The summed E-state index contributed by atoms with van der Waals surface area (Å²) in [6.45, 7) is 0.186. The minimum atomic E-state index is -1.99. The van der Waals surface area contributed by atoms with Crippen molar-refractivity contribution in [3.63, 3.8) is 0 Å². The van der Waals surface area contributed by atoms with Crippen LogP contribution in [-0.4, -0.2) is 133 Å². The fourth-order valence-corrected chi connectivity index (χ4v) is 6.31. The number of unbranched alkanes of at least 4 members (excludes halogenated alkanes) is 2. The van der Waals surface area contributed by atoms with Gasteiger partial charge in [-0.3, -0.25) is 43.2 Å². The summed E-state index contributed by atoms with van der Waals surface area (Å²) in [5.74, 6) is -10.9. The topological polar surface area (TPSA) is 362 Å². The first-order valence-corrected chi connectivity index (χ1v) is 20.7. The number of nitrogens with one attached hydrogen (secondary N) is 5. The van der Waals surface area contributed by atoms with Gasteiger partial charge in [-0.05, 0) is 92.2 Å². The number of halogens is 1. The Morgan fingerprint density at radius 3 is 1.71 bits per heavy atom. The molecule has 10 N–H and O–H groups in total. The first kappa shape index (κ1) is 52.4. The number of hydrogen-bond donors (Lipinski definition) is 10. The van der Waals surface area contributed by atoms with E-state index in [1.54, 1.807) is 18.2 Å². The molecule has 24 heteroatoms. The molecule has 1 saturated heterocycles. The van der Waals surface area contributed by atoms with Crippen molar-refractivity contribution < 1.29 is 83.1 Å². The summed E-state index contributed by atoms with van der Waals surface area (Å²) in [5, 5.41) is 59.6. The van der Waals surface area contributed by atoms with Crippen LogP contribution in [0.5, 0.6) is 0 Å². The van der Waals surface area contributed by atoms with Crippen molar-refractivity contribution in [3.05, 3.63) is 33.4 Å². The molecular formula is C38H51IN6O17. The van der Waals surface area contributed by atoms with E-state index in [9.17, 15) is 78.3 Å². The number of imide groups is 1. The van der Waals surface area contributed by atoms with Gasteiger partial charge in [-0.2, -0.15) is 0 Å². The maximum absolute atomic E-state index is 13.5. The monoisotopic (exact) mass is 990 g/mol. The van der Waals surface area contributed by atoms with Crippen molar-refractivity contribution in [2.75, 3.05) is 6.54 Å². The number of aliphatic hydroxyl groups excluding tert-OH is 1. The van der Waals surface area contributed by atoms with E-state index < -0.39 is 128 Å². The maximum Gasteiger partial charge on any atom is 0.333 e. The number of benzene rings is 1. The second-order valence-electron chi connectivity index (χ2n) is 14.1. The minimum absolute atomic E-state index is 0.0462. The Hall–Kier alpha value is -5.76. The second-order valence-corrected chi connectivity index (χ2v) is 15.3. The molecule has 0 saturated carbocycles. The van der Waals surface area contributed by atoms with E-state index in [0.717, 1.165) is 3.57 Å². The molecule has 0 radical (unpaired) electrons. The van der Waals surface area contributed by atoms with Crippen LogP contribution in [0.15, 0.2) is 24.3 Å².